The fourth-order valence-electron chi connectivity index (χ4n) is 1.89. The molecule has 1 fully saturated rings. The smallest absolute Gasteiger partial charge is 0.410 e. The highest BCUT2D eigenvalue weighted by molar-refractivity contribution is 5.68. The first-order valence-electron chi connectivity index (χ1n) is 5.84. The van der Waals surface area contributed by atoms with Gasteiger partial charge in [0.25, 0.3) is 0 Å². The lowest BCUT2D eigenvalue weighted by Gasteiger charge is -2.24. The second-order valence-electron chi connectivity index (χ2n) is 5.29. The average molecular weight is 236 g/mol. The predicted molar refractivity (Wildman–Crippen MR) is 62.5 cm³/mol. The van der Waals surface area contributed by atoms with Crippen molar-refractivity contribution in [2.45, 2.75) is 38.8 Å². The molecule has 5 nitrogen and oxygen atoms in total. The van der Waals surface area contributed by atoms with Crippen LogP contribution in [0.4, 0.5) is 4.79 Å². The summed E-state index contributed by atoms with van der Waals surface area (Å²) in [4.78, 5) is 13.6. The van der Waals surface area contributed by atoms with E-state index < -0.39 is 5.60 Å². The van der Waals surface area contributed by atoms with E-state index >= 15 is 0 Å². The van der Waals surface area contributed by atoms with Gasteiger partial charge in [-0.25, -0.2) is 4.79 Å². The average Bonchev–Trinajstić information content (AvgIpc) is 2.86. The van der Waals surface area contributed by atoms with Crippen molar-refractivity contribution < 1.29 is 9.53 Å². The molecule has 0 bridgehead atoms. The maximum Gasteiger partial charge on any atom is 0.410 e. The zero-order valence-electron chi connectivity index (χ0n) is 10.5. The van der Waals surface area contributed by atoms with Gasteiger partial charge in [-0.2, -0.15) is 5.10 Å². The standard InChI is InChI=1S/C12H18N3O2/c1-12(2,3)17-11(16)14-8-5-10(9-14)15-7-4-6-13-15/h6-7,10H,5,8-9H2,1-3H3. The van der Waals surface area contributed by atoms with Gasteiger partial charge in [0, 0.05) is 25.4 Å². The van der Waals surface area contributed by atoms with Crippen LogP contribution in [0.5, 0.6) is 0 Å². The van der Waals surface area contributed by atoms with E-state index in [1.54, 1.807) is 11.1 Å². The van der Waals surface area contributed by atoms with Gasteiger partial charge in [0.1, 0.15) is 5.60 Å². The predicted octanol–water partition coefficient (Wildman–Crippen LogP) is 1.87. The highest BCUT2D eigenvalue weighted by atomic mass is 16.6. The van der Waals surface area contributed by atoms with E-state index in [1.165, 1.54) is 0 Å². The monoisotopic (exact) mass is 236 g/mol. The summed E-state index contributed by atoms with van der Waals surface area (Å²) in [5, 5.41) is 4.15. The van der Waals surface area contributed by atoms with Gasteiger partial charge < -0.3 is 9.64 Å². The molecule has 1 saturated heterocycles. The SMILES string of the molecule is CC(C)(C)OC(=O)N1CCC(n2c[c]cn2)C1. The van der Waals surface area contributed by atoms with E-state index in [4.69, 9.17) is 4.74 Å². The molecular weight excluding hydrogens is 218 g/mol. The van der Waals surface area contributed by atoms with Crippen LogP contribution in [-0.2, 0) is 4.74 Å². The lowest BCUT2D eigenvalue weighted by molar-refractivity contribution is 0.0288. The second kappa shape index (κ2) is 4.39. The molecule has 2 rings (SSSR count). The number of carbonyl (C=O) groups is 1. The molecule has 2 heterocycles. The van der Waals surface area contributed by atoms with Gasteiger partial charge in [-0.15, -0.1) is 0 Å². The summed E-state index contributed by atoms with van der Waals surface area (Å²) in [6.07, 6.45) is 4.12. The lowest BCUT2D eigenvalue weighted by atomic mass is 10.2. The molecule has 1 atom stereocenters. The Labute approximate surface area is 101 Å². The van der Waals surface area contributed by atoms with Gasteiger partial charge in [0.2, 0.25) is 0 Å². The minimum atomic E-state index is -0.436. The van der Waals surface area contributed by atoms with Crippen LogP contribution in [-0.4, -0.2) is 39.5 Å². The Morgan fingerprint density at radius 1 is 1.53 bits per heavy atom. The van der Waals surface area contributed by atoms with Crippen molar-refractivity contribution in [2.24, 2.45) is 0 Å². The second-order valence-corrected chi connectivity index (χ2v) is 5.29. The van der Waals surface area contributed by atoms with E-state index in [0.717, 1.165) is 13.0 Å². The first kappa shape index (κ1) is 12.0. The first-order chi connectivity index (χ1) is 7.96. The fraction of sp³-hybridized carbons (Fsp3) is 0.667. The molecule has 0 aliphatic carbocycles. The van der Waals surface area contributed by atoms with Crippen LogP contribution >= 0.6 is 0 Å². The Bertz CT molecular complexity index is 381. The number of likely N-dealkylation sites (tertiary alicyclic amines) is 1. The van der Waals surface area contributed by atoms with Crippen molar-refractivity contribution in [1.82, 2.24) is 14.7 Å². The van der Waals surface area contributed by atoms with E-state index in [1.807, 2.05) is 31.6 Å². The number of hydrogen-bond acceptors (Lipinski definition) is 3. The highest BCUT2D eigenvalue weighted by Gasteiger charge is 2.30. The van der Waals surface area contributed by atoms with Gasteiger partial charge in [-0.3, -0.25) is 4.68 Å². The van der Waals surface area contributed by atoms with Gasteiger partial charge in [0.15, 0.2) is 0 Å². The van der Waals surface area contributed by atoms with Gasteiger partial charge in [-0.05, 0) is 27.2 Å². The zero-order chi connectivity index (χ0) is 12.5. The van der Waals surface area contributed by atoms with Crippen LogP contribution in [0.1, 0.15) is 33.2 Å². The third kappa shape index (κ3) is 2.99. The van der Waals surface area contributed by atoms with E-state index in [9.17, 15) is 4.79 Å². The minimum Gasteiger partial charge on any atom is -0.444 e. The summed E-state index contributed by atoms with van der Waals surface area (Å²) in [7, 11) is 0. The molecule has 1 aromatic rings. The molecule has 1 unspecified atom stereocenters. The summed E-state index contributed by atoms with van der Waals surface area (Å²) in [6.45, 7) is 7.01. The number of amides is 1. The largest absolute Gasteiger partial charge is 0.444 e. The molecule has 17 heavy (non-hydrogen) atoms. The first-order valence-corrected chi connectivity index (χ1v) is 5.84. The Kier molecular flexibility index (Phi) is 3.09. The molecule has 0 N–H and O–H groups in total. The topological polar surface area (TPSA) is 47.4 Å². The van der Waals surface area contributed by atoms with Crippen molar-refractivity contribution in [3.8, 4) is 0 Å². The molecule has 5 heteroatoms. The van der Waals surface area contributed by atoms with Crippen molar-refractivity contribution in [3.05, 3.63) is 18.5 Å². The van der Waals surface area contributed by atoms with Crippen LogP contribution in [0.3, 0.4) is 0 Å². The van der Waals surface area contributed by atoms with Crippen molar-refractivity contribution >= 4 is 6.09 Å². The summed E-state index contributed by atoms with van der Waals surface area (Å²) in [6, 6.07) is 3.15. The maximum absolute atomic E-state index is 11.8. The van der Waals surface area contributed by atoms with Crippen LogP contribution in [0.15, 0.2) is 12.4 Å². The molecule has 1 amide bonds. The summed E-state index contributed by atoms with van der Waals surface area (Å²) >= 11 is 0. The number of ether oxygens (including phenoxy) is 1. The summed E-state index contributed by atoms with van der Waals surface area (Å²) in [5.74, 6) is 0. The molecule has 0 spiro atoms. The van der Waals surface area contributed by atoms with E-state index in [-0.39, 0.29) is 12.1 Å². The minimum absolute atomic E-state index is 0.240. The zero-order valence-corrected chi connectivity index (χ0v) is 10.5. The van der Waals surface area contributed by atoms with Crippen molar-refractivity contribution in [2.75, 3.05) is 13.1 Å². The molecule has 1 aliphatic heterocycles. The molecule has 1 aromatic heterocycles. The Morgan fingerprint density at radius 2 is 2.29 bits per heavy atom. The third-order valence-corrected chi connectivity index (χ3v) is 2.66. The van der Waals surface area contributed by atoms with Crippen molar-refractivity contribution in [3.63, 3.8) is 0 Å². The molecule has 0 saturated carbocycles. The number of carbonyl (C=O) groups excluding carboxylic acids is 1. The van der Waals surface area contributed by atoms with Crippen molar-refractivity contribution in [1.29, 1.82) is 0 Å². The van der Waals surface area contributed by atoms with Crippen LogP contribution in [0, 0.1) is 6.07 Å². The Hall–Kier alpha value is -1.52. The molecular formula is C12H18N3O2. The van der Waals surface area contributed by atoms with Gasteiger partial charge >= 0.3 is 6.09 Å². The van der Waals surface area contributed by atoms with Gasteiger partial charge in [-0.1, -0.05) is 0 Å². The number of rotatable bonds is 1. The molecule has 93 valence electrons. The Balaban J connectivity index is 1.92. The van der Waals surface area contributed by atoms with Crippen LogP contribution < -0.4 is 0 Å². The quantitative estimate of drug-likeness (QED) is 0.747. The lowest BCUT2D eigenvalue weighted by Crippen LogP contribution is -2.35. The third-order valence-electron chi connectivity index (χ3n) is 2.66. The summed E-state index contributed by atoms with van der Waals surface area (Å²) in [5.41, 5.74) is -0.436. The van der Waals surface area contributed by atoms with Gasteiger partial charge in [0.05, 0.1) is 12.2 Å². The summed E-state index contributed by atoms with van der Waals surface area (Å²) < 4.78 is 7.19. The molecule has 1 radical (unpaired) electrons. The number of aromatic nitrogens is 2. The van der Waals surface area contributed by atoms with Crippen LogP contribution in [0.2, 0.25) is 0 Å². The molecule has 0 aromatic carbocycles. The normalized spacial score (nSPS) is 20.6. The van der Waals surface area contributed by atoms with Crippen LogP contribution in [0.25, 0.3) is 0 Å². The van der Waals surface area contributed by atoms with E-state index in [2.05, 4.69) is 11.2 Å². The Morgan fingerprint density at radius 3 is 2.88 bits per heavy atom. The molecule has 1 aliphatic rings. The fourth-order valence-corrected chi connectivity index (χ4v) is 1.89. The van der Waals surface area contributed by atoms with E-state index in [0.29, 0.717) is 6.54 Å². The maximum atomic E-state index is 11.8. The highest BCUT2D eigenvalue weighted by Crippen LogP contribution is 2.22. The number of hydrogen-bond donors (Lipinski definition) is 0. The number of nitrogens with zero attached hydrogens (tertiary/aromatic N) is 3.